The van der Waals surface area contributed by atoms with E-state index in [9.17, 15) is 8.42 Å². The predicted octanol–water partition coefficient (Wildman–Crippen LogP) is 1.93. The molecule has 0 aliphatic heterocycles. The molecule has 0 radical (unpaired) electrons. The van der Waals surface area contributed by atoms with Crippen LogP contribution >= 0.6 is 0 Å². The third-order valence-electron chi connectivity index (χ3n) is 3.56. The molecule has 130 valence electrons. The quantitative estimate of drug-likeness (QED) is 0.697. The Hall–Kier alpha value is -2.71. The summed E-state index contributed by atoms with van der Waals surface area (Å²) < 4.78 is 34.1. The van der Waals surface area contributed by atoms with E-state index in [0.717, 1.165) is 11.4 Å². The van der Waals surface area contributed by atoms with Crippen LogP contribution in [0, 0.1) is 0 Å². The van der Waals surface area contributed by atoms with Crippen LogP contribution in [-0.4, -0.2) is 36.8 Å². The Kier molecular flexibility index (Phi) is 5.11. The molecular formula is C17H18N4O3S. The van der Waals surface area contributed by atoms with Gasteiger partial charge < -0.3 is 4.74 Å². The number of benzene rings is 1. The highest BCUT2D eigenvalue weighted by Crippen LogP contribution is 2.22. The van der Waals surface area contributed by atoms with Gasteiger partial charge in [-0.05, 0) is 30.3 Å². The van der Waals surface area contributed by atoms with Gasteiger partial charge in [0.1, 0.15) is 16.3 Å². The van der Waals surface area contributed by atoms with Crippen LogP contribution in [0.25, 0.3) is 11.4 Å². The number of hydrogen-bond donors (Lipinski definition) is 1. The average molecular weight is 358 g/mol. The van der Waals surface area contributed by atoms with E-state index in [1.165, 1.54) is 13.2 Å². The maximum absolute atomic E-state index is 12.4. The third-order valence-corrected chi connectivity index (χ3v) is 5.06. The molecule has 1 N–H and O–H groups in total. The van der Waals surface area contributed by atoms with Crippen molar-refractivity contribution in [3.05, 3.63) is 60.9 Å². The van der Waals surface area contributed by atoms with Crippen LogP contribution < -0.4 is 9.46 Å². The molecular weight excluding hydrogens is 340 g/mol. The Morgan fingerprint density at radius 2 is 1.88 bits per heavy atom. The first-order valence-corrected chi connectivity index (χ1v) is 9.16. The minimum Gasteiger partial charge on any atom is -0.495 e. The topological polar surface area (TPSA) is 86.1 Å². The fourth-order valence-corrected chi connectivity index (χ4v) is 3.54. The van der Waals surface area contributed by atoms with Gasteiger partial charge in [-0.15, -0.1) is 0 Å². The zero-order valence-corrected chi connectivity index (χ0v) is 14.5. The number of aromatic nitrogens is 3. The highest BCUT2D eigenvalue weighted by Gasteiger charge is 2.18. The number of sulfonamides is 1. The van der Waals surface area contributed by atoms with E-state index in [2.05, 4.69) is 14.8 Å². The third kappa shape index (κ3) is 4.04. The molecule has 0 aliphatic carbocycles. The van der Waals surface area contributed by atoms with E-state index < -0.39 is 10.0 Å². The van der Waals surface area contributed by atoms with Crippen molar-refractivity contribution in [2.24, 2.45) is 0 Å². The number of nitrogens with zero attached hydrogens (tertiary/aromatic N) is 3. The molecule has 7 nitrogen and oxygen atoms in total. The second-order valence-electron chi connectivity index (χ2n) is 5.23. The van der Waals surface area contributed by atoms with Gasteiger partial charge in [0.2, 0.25) is 10.0 Å². The maximum atomic E-state index is 12.4. The summed E-state index contributed by atoms with van der Waals surface area (Å²) in [6.07, 6.45) is 3.50. The molecule has 0 fully saturated rings. The van der Waals surface area contributed by atoms with Crippen molar-refractivity contribution >= 4 is 10.0 Å². The number of ether oxygens (including phenoxy) is 1. The summed E-state index contributed by atoms with van der Waals surface area (Å²) in [5.41, 5.74) is 1.52. The molecule has 2 aromatic heterocycles. The van der Waals surface area contributed by atoms with E-state index >= 15 is 0 Å². The van der Waals surface area contributed by atoms with E-state index in [4.69, 9.17) is 4.74 Å². The average Bonchev–Trinajstić information content (AvgIpc) is 3.11. The summed E-state index contributed by atoms with van der Waals surface area (Å²) in [5, 5.41) is 4.40. The molecule has 0 amide bonds. The second-order valence-corrected chi connectivity index (χ2v) is 6.96. The lowest BCUT2D eigenvalue weighted by Gasteiger charge is -2.10. The molecule has 2 heterocycles. The van der Waals surface area contributed by atoms with Gasteiger partial charge in [-0.3, -0.25) is 9.67 Å². The van der Waals surface area contributed by atoms with Gasteiger partial charge in [-0.2, -0.15) is 5.10 Å². The molecule has 0 aliphatic rings. The fourth-order valence-electron chi connectivity index (χ4n) is 2.35. The monoisotopic (exact) mass is 358 g/mol. The molecule has 3 aromatic rings. The van der Waals surface area contributed by atoms with E-state index in [1.807, 2.05) is 24.3 Å². The first kappa shape index (κ1) is 17.1. The lowest BCUT2D eigenvalue weighted by Crippen LogP contribution is -2.28. The second kappa shape index (κ2) is 7.45. The van der Waals surface area contributed by atoms with Gasteiger partial charge in [0.25, 0.3) is 0 Å². The molecule has 1 aromatic carbocycles. The summed E-state index contributed by atoms with van der Waals surface area (Å²) >= 11 is 0. The van der Waals surface area contributed by atoms with Crippen LogP contribution in [0.1, 0.15) is 0 Å². The van der Waals surface area contributed by atoms with Crippen molar-refractivity contribution in [2.45, 2.75) is 11.4 Å². The van der Waals surface area contributed by atoms with Crippen molar-refractivity contribution in [3.63, 3.8) is 0 Å². The highest BCUT2D eigenvalue weighted by atomic mass is 32.2. The molecule has 25 heavy (non-hydrogen) atoms. The van der Waals surface area contributed by atoms with Crippen LogP contribution in [0.4, 0.5) is 0 Å². The smallest absolute Gasteiger partial charge is 0.244 e. The largest absolute Gasteiger partial charge is 0.495 e. The van der Waals surface area contributed by atoms with Crippen molar-refractivity contribution in [1.82, 2.24) is 19.5 Å². The number of methoxy groups -OCH3 is 1. The van der Waals surface area contributed by atoms with Crippen molar-refractivity contribution in [2.75, 3.05) is 13.7 Å². The molecule has 0 bridgehead atoms. The number of para-hydroxylation sites is 1. The standard InChI is InChI=1S/C17H18N4O3S/c1-24-16-7-2-3-8-17(16)25(22,23)19-11-13-21-12-9-15(20-21)14-6-4-5-10-18-14/h2-10,12,19H,11,13H2,1H3. The fraction of sp³-hybridized carbons (Fsp3) is 0.176. The van der Waals surface area contributed by atoms with Gasteiger partial charge in [0.05, 0.1) is 19.3 Å². The molecule has 0 saturated heterocycles. The number of nitrogens with one attached hydrogen (secondary N) is 1. The van der Waals surface area contributed by atoms with E-state index in [0.29, 0.717) is 12.3 Å². The Labute approximate surface area is 146 Å². The Balaban J connectivity index is 1.64. The minimum absolute atomic E-state index is 0.118. The lowest BCUT2D eigenvalue weighted by atomic mass is 10.3. The molecule has 0 atom stereocenters. The summed E-state index contributed by atoms with van der Waals surface area (Å²) in [7, 11) is -2.21. The molecule has 3 rings (SSSR count). The zero-order valence-electron chi connectivity index (χ0n) is 13.7. The van der Waals surface area contributed by atoms with Crippen LogP contribution in [0.15, 0.2) is 65.8 Å². The van der Waals surface area contributed by atoms with Crippen molar-refractivity contribution in [3.8, 4) is 17.1 Å². The number of pyridine rings is 1. The molecule has 0 unspecified atom stereocenters. The van der Waals surface area contributed by atoms with Gasteiger partial charge in [-0.1, -0.05) is 18.2 Å². The first-order valence-electron chi connectivity index (χ1n) is 7.68. The van der Waals surface area contributed by atoms with E-state index in [1.54, 1.807) is 35.3 Å². The lowest BCUT2D eigenvalue weighted by molar-refractivity contribution is 0.402. The van der Waals surface area contributed by atoms with Gasteiger partial charge in [0, 0.05) is 18.9 Å². The number of hydrogen-bond acceptors (Lipinski definition) is 5. The SMILES string of the molecule is COc1ccccc1S(=O)(=O)NCCn1ccc(-c2ccccn2)n1. The summed E-state index contributed by atoms with van der Waals surface area (Å²) in [5.74, 6) is 0.312. The zero-order chi connectivity index (χ0) is 17.7. The molecule has 0 spiro atoms. The maximum Gasteiger partial charge on any atom is 0.244 e. The van der Waals surface area contributed by atoms with Gasteiger partial charge in [-0.25, -0.2) is 13.1 Å². The Morgan fingerprint density at radius 1 is 1.08 bits per heavy atom. The summed E-state index contributed by atoms with van der Waals surface area (Å²) in [6.45, 7) is 0.616. The van der Waals surface area contributed by atoms with Gasteiger partial charge in [0.15, 0.2) is 0 Å². The molecule has 8 heteroatoms. The van der Waals surface area contributed by atoms with Crippen LogP contribution in [0.5, 0.6) is 5.75 Å². The first-order chi connectivity index (χ1) is 12.1. The highest BCUT2D eigenvalue weighted by molar-refractivity contribution is 7.89. The summed E-state index contributed by atoms with van der Waals surface area (Å²) in [6, 6.07) is 13.9. The van der Waals surface area contributed by atoms with E-state index in [-0.39, 0.29) is 11.4 Å². The number of rotatable bonds is 7. The molecule has 0 saturated carbocycles. The van der Waals surface area contributed by atoms with Crippen LogP contribution in [0.3, 0.4) is 0 Å². The van der Waals surface area contributed by atoms with Crippen molar-refractivity contribution < 1.29 is 13.2 Å². The van der Waals surface area contributed by atoms with Crippen LogP contribution in [-0.2, 0) is 16.6 Å². The van der Waals surface area contributed by atoms with Crippen LogP contribution in [0.2, 0.25) is 0 Å². The summed E-state index contributed by atoms with van der Waals surface area (Å²) in [4.78, 5) is 4.36. The minimum atomic E-state index is -3.65. The predicted molar refractivity (Wildman–Crippen MR) is 93.6 cm³/mol. The van der Waals surface area contributed by atoms with Crippen molar-refractivity contribution in [1.29, 1.82) is 0 Å². The Bertz CT molecular complexity index is 939. The Morgan fingerprint density at radius 3 is 2.64 bits per heavy atom. The van der Waals surface area contributed by atoms with Gasteiger partial charge >= 0.3 is 0 Å². The normalized spacial score (nSPS) is 11.4.